The average molecular weight is 178 g/mol. The second-order valence-corrected chi connectivity index (χ2v) is 1.22. The number of hydrogen-bond donors (Lipinski definition) is 1. The van der Waals surface area contributed by atoms with Gasteiger partial charge in [-0.05, 0) is 0 Å². The van der Waals surface area contributed by atoms with Gasteiger partial charge in [-0.2, -0.15) is 0 Å². The van der Waals surface area contributed by atoms with Gasteiger partial charge in [-0.15, -0.1) is 0 Å². The third-order valence-electron chi connectivity index (χ3n) is 0.812. The number of nitrogens with two attached hydrogens (primary N) is 1. The van der Waals surface area contributed by atoms with Crippen molar-refractivity contribution in [2.45, 2.75) is 55.4 Å². The molecule has 80 valence electrons. The Bertz CT molecular complexity index is 27.0. The fraction of sp³-hybridized carbons (Fsp3) is 1.00. The molecule has 0 aromatic carbocycles. The molecule has 0 bridgehead atoms. The van der Waals surface area contributed by atoms with Gasteiger partial charge in [-0.3, -0.25) is 5.84 Å². The van der Waals surface area contributed by atoms with E-state index in [0.29, 0.717) is 0 Å². The highest BCUT2D eigenvalue weighted by Crippen LogP contribution is 1.68. The maximum Gasteiger partial charge on any atom is 0.00996 e. The SMILES string of the molecule is CC.CC.CC.CCN(N)CC. The van der Waals surface area contributed by atoms with Crippen molar-refractivity contribution >= 4 is 0 Å². The summed E-state index contributed by atoms with van der Waals surface area (Å²) < 4.78 is 0. The number of rotatable bonds is 2. The van der Waals surface area contributed by atoms with Crippen LogP contribution in [0.5, 0.6) is 0 Å². The molecule has 0 fully saturated rings. The summed E-state index contributed by atoms with van der Waals surface area (Å²) in [6.07, 6.45) is 0. The first-order valence-corrected chi connectivity index (χ1v) is 5.30. The molecule has 0 aromatic heterocycles. The van der Waals surface area contributed by atoms with E-state index in [0.717, 1.165) is 13.1 Å². The molecule has 0 heterocycles. The first-order valence-electron chi connectivity index (χ1n) is 5.30. The van der Waals surface area contributed by atoms with Crippen molar-refractivity contribution in [1.82, 2.24) is 5.01 Å². The van der Waals surface area contributed by atoms with Crippen LogP contribution in [0.1, 0.15) is 55.4 Å². The maximum absolute atomic E-state index is 5.31. The van der Waals surface area contributed by atoms with Crippen LogP contribution in [-0.4, -0.2) is 18.1 Å². The van der Waals surface area contributed by atoms with Gasteiger partial charge in [-0.25, -0.2) is 5.01 Å². The van der Waals surface area contributed by atoms with Crippen LogP contribution < -0.4 is 5.84 Å². The summed E-state index contributed by atoms with van der Waals surface area (Å²) in [7, 11) is 0. The van der Waals surface area contributed by atoms with Crippen LogP contribution in [0.25, 0.3) is 0 Å². The molecule has 0 aliphatic rings. The molecular weight excluding hydrogens is 148 g/mol. The minimum absolute atomic E-state index is 0.941. The van der Waals surface area contributed by atoms with E-state index in [-0.39, 0.29) is 0 Å². The van der Waals surface area contributed by atoms with E-state index >= 15 is 0 Å². The largest absolute Gasteiger partial charge is 0.269 e. The molecule has 0 atom stereocenters. The first-order chi connectivity index (χ1) is 5.81. The molecule has 0 radical (unpaired) electrons. The Balaban J connectivity index is -0.0000000453. The van der Waals surface area contributed by atoms with E-state index in [9.17, 15) is 0 Å². The smallest absolute Gasteiger partial charge is 0.00996 e. The van der Waals surface area contributed by atoms with Crippen LogP contribution in [0.2, 0.25) is 0 Å². The minimum Gasteiger partial charge on any atom is -0.269 e. The minimum atomic E-state index is 0.941. The van der Waals surface area contributed by atoms with Gasteiger partial charge in [0.1, 0.15) is 0 Å². The van der Waals surface area contributed by atoms with Crippen LogP contribution in [0.4, 0.5) is 0 Å². The third kappa shape index (κ3) is 51.4. The molecule has 0 spiro atoms. The zero-order valence-electron chi connectivity index (χ0n) is 10.4. The third-order valence-corrected chi connectivity index (χ3v) is 0.812. The normalized spacial score (nSPS) is 6.50. The molecule has 2 N–H and O–H groups in total. The van der Waals surface area contributed by atoms with Crippen molar-refractivity contribution in [2.75, 3.05) is 13.1 Å². The van der Waals surface area contributed by atoms with Gasteiger partial charge >= 0.3 is 0 Å². The summed E-state index contributed by atoms with van der Waals surface area (Å²) in [6, 6.07) is 0. The van der Waals surface area contributed by atoms with Crippen LogP contribution in [0.15, 0.2) is 0 Å². The molecule has 0 amide bonds. The van der Waals surface area contributed by atoms with Gasteiger partial charge in [0, 0.05) is 13.1 Å². The van der Waals surface area contributed by atoms with E-state index in [1.54, 1.807) is 5.01 Å². The quantitative estimate of drug-likeness (QED) is 0.519. The standard InChI is InChI=1S/C4H12N2.3C2H6/c1-3-6(5)4-2;3*1-2/h3-5H2,1-2H3;3*1-2H3. The first kappa shape index (κ1) is 22.7. The highest BCUT2D eigenvalue weighted by Gasteiger charge is 1.82. The van der Waals surface area contributed by atoms with Gasteiger partial charge in [0.15, 0.2) is 0 Å². The number of hydrogen-bond acceptors (Lipinski definition) is 2. The van der Waals surface area contributed by atoms with Gasteiger partial charge in [0.05, 0.1) is 0 Å². The van der Waals surface area contributed by atoms with E-state index in [4.69, 9.17) is 5.84 Å². The van der Waals surface area contributed by atoms with Crippen LogP contribution in [0, 0.1) is 0 Å². The van der Waals surface area contributed by atoms with Crippen molar-refractivity contribution < 1.29 is 0 Å². The molecule has 0 aliphatic heterocycles. The molecule has 2 heteroatoms. The molecule has 0 saturated carbocycles. The van der Waals surface area contributed by atoms with Gasteiger partial charge < -0.3 is 0 Å². The van der Waals surface area contributed by atoms with Gasteiger partial charge in [0.2, 0.25) is 0 Å². The number of hydrazine groups is 1. The lowest BCUT2D eigenvalue weighted by atomic mass is 10.6. The zero-order chi connectivity index (χ0) is 11.0. The van der Waals surface area contributed by atoms with Crippen molar-refractivity contribution in [2.24, 2.45) is 5.84 Å². The summed E-state index contributed by atoms with van der Waals surface area (Å²) in [5.74, 6) is 5.31. The Morgan fingerprint density at radius 3 is 0.917 bits per heavy atom. The van der Waals surface area contributed by atoms with Crippen molar-refractivity contribution in [3.63, 3.8) is 0 Å². The van der Waals surface area contributed by atoms with E-state index in [1.165, 1.54) is 0 Å². The maximum atomic E-state index is 5.31. The molecule has 2 nitrogen and oxygen atoms in total. The average Bonchev–Trinajstić information content (AvgIpc) is 2.25. The van der Waals surface area contributed by atoms with Gasteiger partial charge in [-0.1, -0.05) is 55.4 Å². The van der Waals surface area contributed by atoms with Gasteiger partial charge in [0.25, 0.3) is 0 Å². The summed E-state index contributed by atoms with van der Waals surface area (Å²) in [6.45, 7) is 17.9. The molecule has 0 unspecified atom stereocenters. The Kier molecular flexibility index (Phi) is 83.8. The lowest BCUT2D eigenvalue weighted by molar-refractivity contribution is 0.316. The monoisotopic (exact) mass is 178 g/mol. The lowest BCUT2D eigenvalue weighted by Gasteiger charge is -2.07. The summed E-state index contributed by atoms with van der Waals surface area (Å²) in [5.41, 5.74) is 0. The highest BCUT2D eigenvalue weighted by molar-refractivity contribution is 4.32. The fourth-order valence-corrected chi connectivity index (χ4v) is 0.224. The van der Waals surface area contributed by atoms with Crippen LogP contribution >= 0.6 is 0 Å². The lowest BCUT2D eigenvalue weighted by Crippen LogP contribution is -2.29. The van der Waals surface area contributed by atoms with E-state index in [2.05, 4.69) is 0 Å². The van der Waals surface area contributed by atoms with E-state index in [1.807, 2.05) is 55.4 Å². The Hall–Kier alpha value is -0.0800. The molecule has 0 saturated heterocycles. The Labute approximate surface area is 80.1 Å². The fourth-order valence-electron chi connectivity index (χ4n) is 0.224. The molecule has 0 rings (SSSR count). The summed E-state index contributed by atoms with van der Waals surface area (Å²) >= 11 is 0. The predicted molar refractivity (Wildman–Crippen MR) is 61.2 cm³/mol. The second-order valence-electron chi connectivity index (χ2n) is 1.22. The molecule has 0 aliphatic carbocycles. The molecular formula is C10H30N2. The summed E-state index contributed by atoms with van der Waals surface area (Å²) in [5, 5.41) is 1.75. The topological polar surface area (TPSA) is 29.3 Å². The summed E-state index contributed by atoms with van der Waals surface area (Å²) in [4.78, 5) is 0. The highest BCUT2D eigenvalue weighted by atomic mass is 15.4. The van der Waals surface area contributed by atoms with Crippen molar-refractivity contribution in [3.05, 3.63) is 0 Å². The molecule has 12 heavy (non-hydrogen) atoms. The van der Waals surface area contributed by atoms with Crippen molar-refractivity contribution in [1.29, 1.82) is 0 Å². The Morgan fingerprint density at radius 2 is 0.917 bits per heavy atom. The molecule has 0 aromatic rings. The second kappa shape index (κ2) is 44.4. The van der Waals surface area contributed by atoms with Crippen molar-refractivity contribution in [3.8, 4) is 0 Å². The number of nitrogens with zero attached hydrogens (tertiary/aromatic N) is 1. The van der Waals surface area contributed by atoms with Crippen LogP contribution in [0.3, 0.4) is 0 Å². The Morgan fingerprint density at radius 1 is 0.750 bits per heavy atom. The zero-order valence-corrected chi connectivity index (χ0v) is 10.4. The van der Waals surface area contributed by atoms with E-state index < -0.39 is 0 Å². The predicted octanol–water partition coefficient (Wildman–Crippen LogP) is 3.28. The van der Waals surface area contributed by atoms with Crippen LogP contribution in [-0.2, 0) is 0 Å².